The standard InChI is InChI=1S/C27H28F4N4O3S/c1-17-23-13-33-35(22-8-6-21(28)7-9-22)24(23)11-18-4-5-20(26(17)18)14-34(39(37,38)16-27(29,30)31)15-25(36)19-3-2-10-32-12-19/h2-3,6-13,17,20,25,33,36H,4-5,14-16H2,1H3/t17-,20+,25?/m0/s1. The van der Waals surface area contributed by atoms with E-state index in [4.69, 9.17) is 0 Å². The molecule has 0 fully saturated rings. The highest BCUT2D eigenvalue weighted by Gasteiger charge is 2.43. The van der Waals surface area contributed by atoms with E-state index in [0.29, 0.717) is 18.4 Å². The van der Waals surface area contributed by atoms with E-state index in [-0.39, 0.29) is 24.2 Å². The number of alkyl halides is 3. The number of hydrazine groups is 1. The number of fused-ring (bicyclic) bond motifs is 1. The summed E-state index contributed by atoms with van der Waals surface area (Å²) in [6, 6.07) is 9.16. The van der Waals surface area contributed by atoms with Crippen molar-refractivity contribution in [3.8, 4) is 0 Å². The first kappa shape index (κ1) is 27.4. The number of pyridine rings is 1. The number of anilines is 1. The molecule has 12 heteroatoms. The summed E-state index contributed by atoms with van der Waals surface area (Å²) >= 11 is 0. The van der Waals surface area contributed by atoms with Gasteiger partial charge < -0.3 is 10.5 Å². The Morgan fingerprint density at radius 2 is 1.97 bits per heavy atom. The number of nitrogens with one attached hydrogen (secondary N) is 1. The van der Waals surface area contributed by atoms with Crippen LogP contribution in [-0.2, 0) is 10.0 Å². The van der Waals surface area contributed by atoms with Gasteiger partial charge in [-0.1, -0.05) is 18.6 Å². The molecule has 208 valence electrons. The highest BCUT2D eigenvalue weighted by molar-refractivity contribution is 7.89. The highest BCUT2D eigenvalue weighted by Crippen LogP contribution is 2.48. The molecule has 3 atom stereocenters. The molecule has 2 aromatic rings. The van der Waals surface area contributed by atoms with Crippen LogP contribution in [0.1, 0.15) is 31.4 Å². The maximum atomic E-state index is 13.4. The Morgan fingerprint density at radius 1 is 1.23 bits per heavy atom. The van der Waals surface area contributed by atoms with Crippen LogP contribution in [0.25, 0.3) is 0 Å². The lowest BCUT2D eigenvalue weighted by atomic mass is 9.80. The van der Waals surface area contributed by atoms with E-state index in [1.54, 1.807) is 24.3 Å². The fraction of sp³-hybridized carbons (Fsp3) is 0.370. The van der Waals surface area contributed by atoms with Crippen LogP contribution in [-0.4, -0.2) is 47.8 Å². The van der Waals surface area contributed by atoms with E-state index in [0.717, 1.165) is 32.4 Å². The number of rotatable bonds is 8. The summed E-state index contributed by atoms with van der Waals surface area (Å²) in [5.41, 5.74) is 8.08. The van der Waals surface area contributed by atoms with Gasteiger partial charge in [0.1, 0.15) is 5.82 Å². The van der Waals surface area contributed by atoms with Gasteiger partial charge in [-0.3, -0.25) is 9.99 Å². The molecule has 0 amide bonds. The molecule has 1 unspecified atom stereocenters. The zero-order valence-electron chi connectivity index (χ0n) is 21.1. The van der Waals surface area contributed by atoms with Gasteiger partial charge in [-0.25, -0.2) is 12.8 Å². The summed E-state index contributed by atoms with van der Waals surface area (Å²) in [7, 11) is -4.77. The van der Waals surface area contributed by atoms with Crippen molar-refractivity contribution in [3.05, 3.63) is 94.9 Å². The lowest BCUT2D eigenvalue weighted by Gasteiger charge is -2.32. The minimum atomic E-state index is -4.92. The zero-order valence-corrected chi connectivity index (χ0v) is 21.9. The summed E-state index contributed by atoms with van der Waals surface area (Å²) in [5.74, 6) is -2.79. The molecule has 0 radical (unpaired) electrons. The lowest BCUT2D eigenvalue weighted by molar-refractivity contribution is -0.107. The van der Waals surface area contributed by atoms with Crippen molar-refractivity contribution in [2.45, 2.75) is 32.0 Å². The lowest BCUT2D eigenvalue weighted by Crippen LogP contribution is -2.43. The third-order valence-electron chi connectivity index (χ3n) is 7.40. The molecule has 0 saturated carbocycles. The number of sulfonamides is 1. The third-order valence-corrected chi connectivity index (χ3v) is 9.17. The molecule has 0 spiro atoms. The number of benzene rings is 1. The predicted octanol–water partition coefficient (Wildman–Crippen LogP) is 4.60. The topological polar surface area (TPSA) is 85.8 Å². The Bertz CT molecular complexity index is 1420. The van der Waals surface area contributed by atoms with Crippen LogP contribution < -0.4 is 10.4 Å². The molecule has 1 aromatic heterocycles. The first-order chi connectivity index (χ1) is 18.4. The summed E-state index contributed by atoms with van der Waals surface area (Å²) in [4.78, 5) is 3.91. The molecule has 5 rings (SSSR count). The van der Waals surface area contributed by atoms with Gasteiger partial charge in [-0.05, 0) is 60.7 Å². The fourth-order valence-corrected chi connectivity index (χ4v) is 6.99. The van der Waals surface area contributed by atoms with Crippen LogP contribution in [0.3, 0.4) is 0 Å². The Balaban J connectivity index is 1.42. The minimum Gasteiger partial charge on any atom is -0.387 e. The molecule has 0 bridgehead atoms. The molecule has 2 N–H and O–H groups in total. The minimum absolute atomic E-state index is 0.124. The van der Waals surface area contributed by atoms with Gasteiger partial charge in [0.2, 0.25) is 10.0 Å². The predicted molar refractivity (Wildman–Crippen MR) is 138 cm³/mol. The van der Waals surface area contributed by atoms with Crippen LogP contribution in [0, 0.1) is 17.7 Å². The van der Waals surface area contributed by atoms with Crippen LogP contribution in [0.4, 0.5) is 23.2 Å². The fourth-order valence-electron chi connectivity index (χ4n) is 5.62. The number of aliphatic hydroxyl groups excluding tert-OH is 1. The van der Waals surface area contributed by atoms with Crippen LogP contribution >= 0.6 is 0 Å². The van der Waals surface area contributed by atoms with Crippen molar-refractivity contribution in [2.75, 3.05) is 23.9 Å². The Morgan fingerprint density at radius 3 is 2.64 bits per heavy atom. The Hall–Kier alpha value is -3.22. The second-order valence-corrected chi connectivity index (χ2v) is 12.0. The number of hydrogen-bond acceptors (Lipinski definition) is 6. The first-order valence-electron chi connectivity index (χ1n) is 12.5. The average molecular weight is 565 g/mol. The highest BCUT2D eigenvalue weighted by atomic mass is 32.2. The maximum Gasteiger partial charge on any atom is 0.404 e. The summed E-state index contributed by atoms with van der Waals surface area (Å²) in [6.07, 6.45) is 1.63. The van der Waals surface area contributed by atoms with E-state index >= 15 is 0 Å². The third kappa shape index (κ3) is 5.73. The number of hydrogen-bond donors (Lipinski definition) is 2. The summed E-state index contributed by atoms with van der Waals surface area (Å²) < 4.78 is 79.8. The number of allylic oxidation sites excluding steroid dienone is 3. The molecule has 0 saturated heterocycles. The van der Waals surface area contributed by atoms with Crippen LogP contribution in [0.15, 0.2) is 83.5 Å². The number of aliphatic hydroxyl groups is 1. The van der Waals surface area contributed by atoms with Crippen LogP contribution in [0.2, 0.25) is 0 Å². The molecule has 1 aromatic carbocycles. The average Bonchev–Trinajstić information content (AvgIpc) is 3.48. The second-order valence-electron chi connectivity index (χ2n) is 10.00. The van der Waals surface area contributed by atoms with E-state index in [2.05, 4.69) is 10.4 Å². The molecule has 3 aliphatic rings. The van der Waals surface area contributed by atoms with Crippen molar-refractivity contribution in [1.82, 2.24) is 14.7 Å². The smallest absolute Gasteiger partial charge is 0.387 e. The van der Waals surface area contributed by atoms with Gasteiger partial charge in [0.25, 0.3) is 0 Å². The van der Waals surface area contributed by atoms with E-state index < -0.39 is 34.6 Å². The molecular weight excluding hydrogens is 536 g/mol. The van der Waals surface area contributed by atoms with E-state index in [1.807, 2.05) is 24.2 Å². The molecule has 1 aliphatic heterocycles. The van der Waals surface area contributed by atoms with Gasteiger partial charge in [0.15, 0.2) is 5.75 Å². The summed E-state index contributed by atoms with van der Waals surface area (Å²) in [5, 5.41) is 12.5. The summed E-state index contributed by atoms with van der Waals surface area (Å²) in [6.45, 7) is 1.30. The number of nitrogens with zero attached hydrogens (tertiary/aromatic N) is 3. The van der Waals surface area contributed by atoms with Gasteiger partial charge >= 0.3 is 6.18 Å². The first-order valence-corrected chi connectivity index (χ1v) is 14.1. The number of halogens is 4. The van der Waals surface area contributed by atoms with Crippen molar-refractivity contribution in [1.29, 1.82) is 0 Å². The molecule has 7 nitrogen and oxygen atoms in total. The normalized spacial score (nSPS) is 21.9. The largest absolute Gasteiger partial charge is 0.404 e. The van der Waals surface area contributed by atoms with Crippen molar-refractivity contribution in [3.63, 3.8) is 0 Å². The van der Waals surface area contributed by atoms with E-state index in [9.17, 15) is 31.1 Å². The maximum absolute atomic E-state index is 13.4. The molecule has 2 aliphatic carbocycles. The SMILES string of the molecule is C[C@H]1C2=CNN(c3ccc(F)cc3)C2=CC2=C1[C@@H](CN(CC(O)c1cccnc1)S(=O)(=O)CC(F)(F)F)CC2. The van der Waals surface area contributed by atoms with Crippen molar-refractivity contribution in [2.24, 2.45) is 11.8 Å². The van der Waals surface area contributed by atoms with Gasteiger partial charge in [-0.2, -0.15) is 17.5 Å². The Labute approximate surface area is 224 Å². The molecule has 2 heterocycles. The van der Waals surface area contributed by atoms with E-state index in [1.165, 1.54) is 24.5 Å². The molecule has 39 heavy (non-hydrogen) atoms. The van der Waals surface area contributed by atoms with Crippen LogP contribution in [0.5, 0.6) is 0 Å². The van der Waals surface area contributed by atoms with Gasteiger partial charge in [0, 0.05) is 48.7 Å². The second kappa shape index (κ2) is 10.4. The zero-order chi connectivity index (χ0) is 27.9. The quantitative estimate of drug-likeness (QED) is 0.456. The monoisotopic (exact) mass is 564 g/mol. The van der Waals surface area contributed by atoms with Crippen molar-refractivity contribution < 1.29 is 31.1 Å². The van der Waals surface area contributed by atoms with Gasteiger partial charge in [-0.15, -0.1) is 0 Å². The number of aromatic nitrogens is 1. The van der Waals surface area contributed by atoms with Crippen molar-refractivity contribution >= 4 is 15.7 Å². The Kier molecular flexibility index (Phi) is 7.29. The van der Waals surface area contributed by atoms with Gasteiger partial charge in [0.05, 0.1) is 17.5 Å². The molecular formula is C27H28F4N4O3S.